The molecule has 0 radical (unpaired) electrons. The Kier molecular flexibility index (Phi) is 6.53. The lowest BCUT2D eigenvalue weighted by Crippen LogP contribution is -2.30. The predicted molar refractivity (Wildman–Crippen MR) is 72.8 cm³/mol. The Morgan fingerprint density at radius 3 is 2.29 bits per heavy atom. The molecule has 0 fully saturated rings. The maximum Gasteiger partial charge on any atom is 0.121 e. The molecule has 0 aromatic heterocycles. The number of hydrogen-bond acceptors (Lipinski definition) is 3. The van der Waals surface area contributed by atoms with Crippen molar-refractivity contribution in [3.05, 3.63) is 29.3 Å². The van der Waals surface area contributed by atoms with Gasteiger partial charge in [0.25, 0.3) is 0 Å². The van der Waals surface area contributed by atoms with E-state index in [4.69, 9.17) is 10.5 Å². The van der Waals surface area contributed by atoms with Crippen LogP contribution in [0.25, 0.3) is 0 Å². The monoisotopic (exact) mass is 259 g/mol. The van der Waals surface area contributed by atoms with Gasteiger partial charge >= 0.3 is 0 Å². The summed E-state index contributed by atoms with van der Waals surface area (Å²) in [5.41, 5.74) is 7.99. The molecule has 0 saturated carbocycles. The van der Waals surface area contributed by atoms with Gasteiger partial charge in [0, 0.05) is 0 Å². The van der Waals surface area contributed by atoms with E-state index >= 15 is 0 Å². The first-order valence-electron chi connectivity index (χ1n) is 5.55. The number of halogens is 1. The number of aliphatic hydroxyl groups is 1. The van der Waals surface area contributed by atoms with E-state index in [0.29, 0.717) is 0 Å². The van der Waals surface area contributed by atoms with Crippen LogP contribution in [0, 0.1) is 12.8 Å². The van der Waals surface area contributed by atoms with Gasteiger partial charge in [0.15, 0.2) is 0 Å². The lowest BCUT2D eigenvalue weighted by molar-refractivity contribution is 0.0979. The van der Waals surface area contributed by atoms with E-state index < -0.39 is 6.10 Å². The first-order valence-corrected chi connectivity index (χ1v) is 5.55. The van der Waals surface area contributed by atoms with E-state index in [-0.39, 0.29) is 24.4 Å². The van der Waals surface area contributed by atoms with E-state index in [1.54, 1.807) is 7.11 Å². The van der Waals surface area contributed by atoms with E-state index in [9.17, 15) is 5.11 Å². The summed E-state index contributed by atoms with van der Waals surface area (Å²) in [6, 6.07) is 5.42. The van der Waals surface area contributed by atoms with Crippen LogP contribution in [-0.2, 0) is 0 Å². The van der Waals surface area contributed by atoms with Crippen molar-refractivity contribution in [3.63, 3.8) is 0 Å². The van der Waals surface area contributed by atoms with E-state index in [1.807, 2.05) is 39.0 Å². The summed E-state index contributed by atoms with van der Waals surface area (Å²) in [5, 5.41) is 9.91. The smallest absolute Gasteiger partial charge is 0.121 e. The van der Waals surface area contributed by atoms with Crippen LogP contribution < -0.4 is 10.5 Å². The third-order valence-electron chi connectivity index (χ3n) is 2.85. The molecule has 17 heavy (non-hydrogen) atoms. The molecule has 0 aliphatic rings. The van der Waals surface area contributed by atoms with Gasteiger partial charge in [-0.2, -0.15) is 0 Å². The van der Waals surface area contributed by atoms with Crippen molar-refractivity contribution in [1.29, 1.82) is 0 Å². The van der Waals surface area contributed by atoms with Gasteiger partial charge in [-0.1, -0.05) is 26.0 Å². The van der Waals surface area contributed by atoms with Crippen molar-refractivity contribution < 1.29 is 9.84 Å². The van der Waals surface area contributed by atoms with Crippen molar-refractivity contribution in [3.8, 4) is 5.75 Å². The van der Waals surface area contributed by atoms with Gasteiger partial charge in [-0.3, -0.25) is 0 Å². The van der Waals surface area contributed by atoms with Gasteiger partial charge < -0.3 is 15.6 Å². The number of aliphatic hydroxyl groups excluding tert-OH is 1. The SMILES string of the molecule is COc1ccc([C@@H](N)[C@@H](O)C(C)C)cc1C.Cl. The fourth-order valence-corrected chi connectivity index (χ4v) is 1.72. The standard InChI is InChI=1S/C13H21NO2.ClH/c1-8(2)13(15)12(14)10-5-6-11(16-4)9(3)7-10;/h5-8,12-13,15H,14H2,1-4H3;1H/t12-,13+;/m1./s1. The second kappa shape index (κ2) is 6.84. The van der Waals surface area contributed by atoms with Crippen LogP contribution in [0.15, 0.2) is 18.2 Å². The van der Waals surface area contributed by atoms with Gasteiger partial charge in [0.05, 0.1) is 19.3 Å². The fraction of sp³-hybridized carbons (Fsp3) is 0.538. The first kappa shape index (κ1) is 16.2. The Bertz CT molecular complexity index is 355. The highest BCUT2D eigenvalue weighted by Gasteiger charge is 2.20. The summed E-state index contributed by atoms with van der Waals surface area (Å²) in [7, 11) is 1.64. The van der Waals surface area contributed by atoms with Crippen LogP contribution in [0.2, 0.25) is 0 Å². The summed E-state index contributed by atoms with van der Waals surface area (Å²) in [5.74, 6) is 0.993. The minimum atomic E-state index is -0.521. The van der Waals surface area contributed by atoms with Crippen molar-refractivity contribution in [2.24, 2.45) is 11.7 Å². The number of benzene rings is 1. The molecular formula is C13H22ClNO2. The Hall–Kier alpha value is -0.770. The van der Waals surface area contributed by atoms with E-state index in [0.717, 1.165) is 16.9 Å². The quantitative estimate of drug-likeness (QED) is 0.873. The van der Waals surface area contributed by atoms with Crippen LogP contribution in [0.3, 0.4) is 0 Å². The molecular weight excluding hydrogens is 238 g/mol. The molecule has 2 atom stereocenters. The fourth-order valence-electron chi connectivity index (χ4n) is 1.72. The van der Waals surface area contributed by atoms with Crippen LogP contribution >= 0.6 is 12.4 Å². The number of hydrogen-bond donors (Lipinski definition) is 2. The normalized spacial score (nSPS) is 14.1. The summed E-state index contributed by atoms with van der Waals surface area (Å²) in [4.78, 5) is 0. The van der Waals surface area contributed by atoms with Gasteiger partial charge in [-0.05, 0) is 30.0 Å². The highest BCUT2D eigenvalue weighted by atomic mass is 35.5. The molecule has 3 N–H and O–H groups in total. The molecule has 98 valence electrons. The number of methoxy groups -OCH3 is 1. The molecule has 0 spiro atoms. The largest absolute Gasteiger partial charge is 0.496 e. The zero-order valence-electron chi connectivity index (χ0n) is 10.8. The van der Waals surface area contributed by atoms with Crippen LogP contribution in [-0.4, -0.2) is 18.3 Å². The van der Waals surface area contributed by atoms with E-state index in [2.05, 4.69) is 0 Å². The molecule has 0 aliphatic carbocycles. The van der Waals surface area contributed by atoms with Crippen molar-refractivity contribution >= 4 is 12.4 Å². The molecule has 0 amide bonds. The van der Waals surface area contributed by atoms with Gasteiger partial charge in [0.1, 0.15) is 5.75 Å². The number of aryl methyl sites for hydroxylation is 1. The average Bonchev–Trinajstić information content (AvgIpc) is 2.26. The van der Waals surface area contributed by atoms with Crippen LogP contribution in [0.1, 0.15) is 31.0 Å². The topological polar surface area (TPSA) is 55.5 Å². The molecule has 1 aromatic rings. The second-order valence-electron chi connectivity index (χ2n) is 4.49. The molecule has 3 nitrogen and oxygen atoms in total. The maximum absolute atomic E-state index is 9.91. The first-order chi connectivity index (χ1) is 7.47. The molecule has 0 bridgehead atoms. The number of nitrogens with two attached hydrogens (primary N) is 1. The van der Waals surface area contributed by atoms with Crippen LogP contribution in [0.4, 0.5) is 0 Å². The Morgan fingerprint density at radius 1 is 1.29 bits per heavy atom. The summed E-state index contributed by atoms with van der Waals surface area (Å²) < 4.78 is 5.18. The lowest BCUT2D eigenvalue weighted by atomic mass is 9.93. The van der Waals surface area contributed by atoms with Crippen molar-refractivity contribution in [1.82, 2.24) is 0 Å². The lowest BCUT2D eigenvalue weighted by Gasteiger charge is -2.23. The zero-order chi connectivity index (χ0) is 12.3. The highest BCUT2D eigenvalue weighted by Crippen LogP contribution is 2.25. The summed E-state index contributed by atoms with van der Waals surface area (Å²) in [6.45, 7) is 5.89. The Balaban J connectivity index is 0.00000256. The molecule has 0 heterocycles. The minimum Gasteiger partial charge on any atom is -0.496 e. The third-order valence-corrected chi connectivity index (χ3v) is 2.85. The second-order valence-corrected chi connectivity index (χ2v) is 4.49. The zero-order valence-corrected chi connectivity index (χ0v) is 11.6. The van der Waals surface area contributed by atoms with Crippen LogP contribution in [0.5, 0.6) is 5.75 Å². The maximum atomic E-state index is 9.91. The summed E-state index contributed by atoms with van der Waals surface area (Å²) in [6.07, 6.45) is -0.521. The van der Waals surface area contributed by atoms with Crippen molar-refractivity contribution in [2.45, 2.75) is 32.9 Å². The van der Waals surface area contributed by atoms with Gasteiger partial charge in [-0.15, -0.1) is 12.4 Å². The average molecular weight is 260 g/mol. The third kappa shape index (κ3) is 3.87. The van der Waals surface area contributed by atoms with Crippen molar-refractivity contribution in [2.75, 3.05) is 7.11 Å². The molecule has 1 rings (SSSR count). The predicted octanol–water partition coefficient (Wildman–Crippen LogP) is 2.44. The Labute approximate surface area is 109 Å². The highest BCUT2D eigenvalue weighted by molar-refractivity contribution is 5.85. The Morgan fingerprint density at radius 2 is 1.88 bits per heavy atom. The van der Waals surface area contributed by atoms with E-state index in [1.165, 1.54) is 0 Å². The van der Waals surface area contributed by atoms with Gasteiger partial charge in [-0.25, -0.2) is 0 Å². The molecule has 1 aromatic carbocycles. The van der Waals surface area contributed by atoms with Gasteiger partial charge in [0.2, 0.25) is 0 Å². The molecule has 4 heteroatoms. The number of ether oxygens (including phenoxy) is 1. The summed E-state index contributed by atoms with van der Waals surface area (Å²) >= 11 is 0. The minimum absolute atomic E-state index is 0. The molecule has 0 unspecified atom stereocenters. The number of rotatable bonds is 4. The molecule has 0 saturated heterocycles. The molecule has 0 aliphatic heterocycles.